The summed E-state index contributed by atoms with van der Waals surface area (Å²) in [6.07, 6.45) is 0. The first-order valence-corrected chi connectivity index (χ1v) is 6.50. The molecule has 2 rings (SSSR count). The number of carboxylic acid groups (broad SMARTS) is 1. The number of aromatic carboxylic acids is 1. The smallest absolute Gasteiger partial charge is 0.335 e. The van der Waals surface area contributed by atoms with Gasteiger partial charge in [0.2, 0.25) is 0 Å². The van der Waals surface area contributed by atoms with Gasteiger partial charge in [-0.25, -0.2) is 9.18 Å². The van der Waals surface area contributed by atoms with E-state index in [4.69, 9.17) is 9.84 Å². The number of hydrogen-bond acceptors (Lipinski definition) is 3. The molecule has 1 N–H and O–H groups in total. The van der Waals surface area contributed by atoms with Crippen molar-refractivity contribution in [2.24, 2.45) is 0 Å². The van der Waals surface area contributed by atoms with E-state index in [1.165, 1.54) is 18.2 Å². The van der Waals surface area contributed by atoms with E-state index in [-0.39, 0.29) is 11.4 Å². The maximum absolute atomic E-state index is 13.6. The van der Waals surface area contributed by atoms with E-state index < -0.39 is 5.97 Å². The van der Waals surface area contributed by atoms with Crippen LogP contribution in [0.15, 0.2) is 48.5 Å². The molecule has 0 aromatic heterocycles. The summed E-state index contributed by atoms with van der Waals surface area (Å²) < 4.78 is 19.1. The lowest BCUT2D eigenvalue weighted by atomic mass is 10.2. The molecule has 0 atom stereocenters. The number of anilines is 1. The standard InChI is InChI=1S/C16H16FNO3/c1-18(15-8-3-2-7-14(15)17)9-10-21-13-6-4-5-12(11-13)16(19)20/h2-8,11H,9-10H2,1H3,(H,19,20). The quantitative estimate of drug-likeness (QED) is 0.888. The Labute approximate surface area is 122 Å². The molecule has 0 saturated carbocycles. The maximum Gasteiger partial charge on any atom is 0.335 e. The molecule has 0 bridgehead atoms. The number of halogens is 1. The maximum atomic E-state index is 13.6. The Balaban J connectivity index is 1.91. The molecule has 5 heteroatoms. The third-order valence-corrected chi connectivity index (χ3v) is 3.04. The molecule has 0 saturated heterocycles. The van der Waals surface area contributed by atoms with E-state index in [9.17, 15) is 9.18 Å². The summed E-state index contributed by atoms with van der Waals surface area (Å²) in [4.78, 5) is 12.6. The molecule has 0 aliphatic heterocycles. The number of likely N-dealkylation sites (N-methyl/N-ethyl adjacent to an activating group) is 1. The van der Waals surface area contributed by atoms with Crippen molar-refractivity contribution in [2.75, 3.05) is 25.1 Å². The minimum atomic E-state index is -0.996. The van der Waals surface area contributed by atoms with Crippen molar-refractivity contribution in [3.63, 3.8) is 0 Å². The summed E-state index contributed by atoms with van der Waals surface area (Å²) in [7, 11) is 1.77. The van der Waals surface area contributed by atoms with Crippen LogP contribution in [-0.2, 0) is 0 Å². The lowest BCUT2D eigenvalue weighted by Crippen LogP contribution is -2.24. The Morgan fingerprint density at radius 2 is 2.00 bits per heavy atom. The van der Waals surface area contributed by atoms with Gasteiger partial charge in [0, 0.05) is 7.05 Å². The highest BCUT2D eigenvalue weighted by molar-refractivity contribution is 5.87. The lowest BCUT2D eigenvalue weighted by Gasteiger charge is -2.20. The second-order valence-corrected chi connectivity index (χ2v) is 4.55. The van der Waals surface area contributed by atoms with Gasteiger partial charge in [-0.3, -0.25) is 0 Å². The van der Waals surface area contributed by atoms with Crippen LogP contribution in [0.2, 0.25) is 0 Å². The minimum Gasteiger partial charge on any atom is -0.492 e. The highest BCUT2D eigenvalue weighted by Gasteiger charge is 2.07. The second-order valence-electron chi connectivity index (χ2n) is 4.55. The Kier molecular flexibility index (Phi) is 4.77. The fourth-order valence-corrected chi connectivity index (χ4v) is 1.90. The van der Waals surface area contributed by atoms with Gasteiger partial charge in [0.05, 0.1) is 17.8 Å². The molecule has 2 aromatic carbocycles. The number of benzene rings is 2. The number of nitrogens with zero attached hydrogens (tertiary/aromatic N) is 1. The van der Waals surface area contributed by atoms with Gasteiger partial charge in [-0.15, -0.1) is 0 Å². The van der Waals surface area contributed by atoms with Crippen LogP contribution in [0.3, 0.4) is 0 Å². The highest BCUT2D eigenvalue weighted by atomic mass is 19.1. The van der Waals surface area contributed by atoms with Crippen LogP contribution in [-0.4, -0.2) is 31.3 Å². The molecule has 2 aromatic rings. The first-order chi connectivity index (χ1) is 10.1. The summed E-state index contributed by atoms with van der Waals surface area (Å²) in [5.41, 5.74) is 0.676. The zero-order chi connectivity index (χ0) is 15.2. The topological polar surface area (TPSA) is 49.8 Å². The average Bonchev–Trinajstić information content (AvgIpc) is 2.48. The largest absolute Gasteiger partial charge is 0.492 e. The van der Waals surface area contributed by atoms with Gasteiger partial charge >= 0.3 is 5.97 Å². The van der Waals surface area contributed by atoms with Crippen molar-refractivity contribution < 1.29 is 19.0 Å². The highest BCUT2D eigenvalue weighted by Crippen LogP contribution is 2.17. The molecule has 110 valence electrons. The van der Waals surface area contributed by atoms with Gasteiger partial charge in [0.1, 0.15) is 18.2 Å². The monoisotopic (exact) mass is 289 g/mol. The third-order valence-electron chi connectivity index (χ3n) is 3.04. The van der Waals surface area contributed by atoms with Gasteiger partial charge in [-0.05, 0) is 30.3 Å². The van der Waals surface area contributed by atoms with E-state index in [1.807, 2.05) is 0 Å². The van der Waals surface area contributed by atoms with Gasteiger partial charge in [0.25, 0.3) is 0 Å². The molecular weight excluding hydrogens is 273 g/mol. The van der Waals surface area contributed by atoms with Gasteiger partial charge in [0.15, 0.2) is 0 Å². The molecule has 0 fully saturated rings. The van der Waals surface area contributed by atoms with Gasteiger partial charge in [-0.2, -0.15) is 0 Å². The zero-order valence-corrected chi connectivity index (χ0v) is 11.6. The SMILES string of the molecule is CN(CCOc1cccc(C(=O)O)c1)c1ccccc1F. The molecule has 0 radical (unpaired) electrons. The number of rotatable bonds is 6. The van der Waals surface area contributed by atoms with E-state index >= 15 is 0 Å². The first-order valence-electron chi connectivity index (χ1n) is 6.50. The van der Waals surface area contributed by atoms with Crippen LogP contribution in [0.25, 0.3) is 0 Å². The Morgan fingerprint density at radius 1 is 1.24 bits per heavy atom. The van der Waals surface area contributed by atoms with Crippen molar-refractivity contribution in [3.05, 3.63) is 59.9 Å². The summed E-state index contributed by atoms with van der Waals surface area (Å²) >= 11 is 0. The van der Waals surface area contributed by atoms with Crippen LogP contribution in [0.4, 0.5) is 10.1 Å². The first kappa shape index (κ1) is 14.8. The zero-order valence-electron chi connectivity index (χ0n) is 11.6. The number of hydrogen-bond donors (Lipinski definition) is 1. The number of carboxylic acids is 1. The molecule has 0 heterocycles. The number of ether oxygens (including phenoxy) is 1. The molecule has 0 unspecified atom stereocenters. The van der Waals surface area contributed by atoms with Crippen molar-refractivity contribution in [2.45, 2.75) is 0 Å². The number of para-hydroxylation sites is 1. The third kappa shape index (κ3) is 3.95. The van der Waals surface area contributed by atoms with Gasteiger partial charge < -0.3 is 14.7 Å². The average molecular weight is 289 g/mol. The fraction of sp³-hybridized carbons (Fsp3) is 0.188. The molecule has 21 heavy (non-hydrogen) atoms. The molecule has 0 amide bonds. The second kappa shape index (κ2) is 6.74. The van der Waals surface area contributed by atoms with Crippen molar-refractivity contribution in [1.82, 2.24) is 0 Å². The van der Waals surface area contributed by atoms with Crippen molar-refractivity contribution in [3.8, 4) is 5.75 Å². The van der Waals surface area contributed by atoms with Crippen molar-refractivity contribution >= 4 is 11.7 Å². The predicted molar refractivity (Wildman–Crippen MR) is 78.6 cm³/mol. The molecule has 0 spiro atoms. The molecule has 4 nitrogen and oxygen atoms in total. The van der Waals surface area contributed by atoms with E-state index in [0.29, 0.717) is 24.6 Å². The number of carbonyl (C=O) groups is 1. The predicted octanol–water partition coefficient (Wildman–Crippen LogP) is 3.04. The van der Waals surface area contributed by atoms with Crippen LogP contribution in [0.5, 0.6) is 5.75 Å². The lowest BCUT2D eigenvalue weighted by molar-refractivity contribution is 0.0696. The summed E-state index contributed by atoms with van der Waals surface area (Å²) in [6.45, 7) is 0.812. The van der Waals surface area contributed by atoms with E-state index in [1.54, 1.807) is 42.3 Å². The Morgan fingerprint density at radius 3 is 2.71 bits per heavy atom. The molecule has 0 aliphatic carbocycles. The summed E-state index contributed by atoms with van der Waals surface area (Å²) in [5, 5.41) is 8.90. The van der Waals surface area contributed by atoms with Crippen LogP contribution < -0.4 is 9.64 Å². The van der Waals surface area contributed by atoms with Crippen LogP contribution in [0, 0.1) is 5.82 Å². The van der Waals surface area contributed by atoms with Crippen LogP contribution in [0.1, 0.15) is 10.4 Å². The van der Waals surface area contributed by atoms with E-state index in [0.717, 1.165) is 0 Å². The molecule has 0 aliphatic rings. The van der Waals surface area contributed by atoms with Crippen LogP contribution >= 0.6 is 0 Å². The minimum absolute atomic E-state index is 0.176. The van der Waals surface area contributed by atoms with Gasteiger partial charge in [-0.1, -0.05) is 18.2 Å². The Bertz CT molecular complexity index is 630. The summed E-state index contributed by atoms with van der Waals surface area (Å²) in [6, 6.07) is 12.8. The summed E-state index contributed by atoms with van der Waals surface area (Å²) in [5.74, 6) is -0.798. The Hall–Kier alpha value is -2.56. The van der Waals surface area contributed by atoms with E-state index in [2.05, 4.69) is 0 Å². The fourth-order valence-electron chi connectivity index (χ4n) is 1.90. The van der Waals surface area contributed by atoms with Crippen molar-refractivity contribution in [1.29, 1.82) is 0 Å². The normalized spacial score (nSPS) is 10.2. The molecular formula is C16H16FNO3.